The lowest BCUT2D eigenvalue weighted by Crippen LogP contribution is -2.40. The first kappa shape index (κ1) is 26.9. The molecule has 0 bridgehead atoms. The van der Waals surface area contributed by atoms with Gasteiger partial charge in [0.15, 0.2) is 5.78 Å². The summed E-state index contributed by atoms with van der Waals surface area (Å²) in [4.78, 5) is 37.6. The number of pyridine rings is 1. The molecule has 1 saturated carbocycles. The summed E-state index contributed by atoms with van der Waals surface area (Å²) in [7, 11) is -2.40. The van der Waals surface area contributed by atoms with Crippen molar-refractivity contribution in [3.05, 3.63) is 75.5 Å². The molecule has 0 spiro atoms. The van der Waals surface area contributed by atoms with Crippen molar-refractivity contribution in [2.24, 2.45) is 5.14 Å². The van der Waals surface area contributed by atoms with Crippen LogP contribution in [0.15, 0.2) is 48.7 Å². The number of aryl methyl sites for hydroxylation is 2. The fraction of sp³-hybridized carbons (Fsp3) is 0.385. The van der Waals surface area contributed by atoms with Gasteiger partial charge in [-0.3, -0.25) is 14.6 Å². The summed E-state index contributed by atoms with van der Waals surface area (Å²) in [5.41, 5.74) is 1.31. The van der Waals surface area contributed by atoms with E-state index in [1.54, 1.807) is 25.1 Å². The molecule has 1 fully saturated rings. The van der Waals surface area contributed by atoms with E-state index >= 15 is 0 Å². The normalized spacial score (nSPS) is 14.2. The number of aromatic nitrogens is 2. The minimum absolute atomic E-state index is 0.0245. The van der Waals surface area contributed by atoms with Crippen molar-refractivity contribution in [3.63, 3.8) is 0 Å². The summed E-state index contributed by atoms with van der Waals surface area (Å²) in [6.07, 6.45) is 4.59. The van der Waals surface area contributed by atoms with Gasteiger partial charge in [-0.15, -0.1) is 11.3 Å². The van der Waals surface area contributed by atoms with Crippen LogP contribution in [0.25, 0.3) is 0 Å². The molecule has 4 rings (SSSR count). The zero-order chi connectivity index (χ0) is 26.6. The van der Waals surface area contributed by atoms with Crippen LogP contribution in [0, 0.1) is 6.92 Å². The number of hydrogen-bond acceptors (Lipinski definition) is 8. The van der Waals surface area contributed by atoms with E-state index in [4.69, 9.17) is 9.88 Å². The van der Waals surface area contributed by atoms with Crippen LogP contribution in [-0.2, 0) is 33.2 Å². The lowest BCUT2D eigenvalue weighted by Gasteiger charge is -2.27. The Hall–Kier alpha value is -3.15. The van der Waals surface area contributed by atoms with Gasteiger partial charge in [0.25, 0.3) is 0 Å². The highest BCUT2D eigenvalue weighted by atomic mass is 32.2. The lowest BCUT2D eigenvalue weighted by atomic mass is 9.99. The molecule has 9 nitrogen and oxygen atoms in total. The quantitative estimate of drug-likeness (QED) is 0.348. The van der Waals surface area contributed by atoms with Crippen molar-refractivity contribution in [1.29, 1.82) is 0 Å². The highest BCUT2D eigenvalue weighted by molar-refractivity contribution is 7.89. The van der Waals surface area contributed by atoms with E-state index in [0.29, 0.717) is 40.7 Å². The van der Waals surface area contributed by atoms with Crippen molar-refractivity contribution < 1.29 is 22.7 Å². The smallest absolute Gasteiger partial charge is 0.235 e. The lowest BCUT2D eigenvalue weighted by molar-refractivity contribution is -0.134. The van der Waals surface area contributed by atoms with Crippen molar-refractivity contribution >= 4 is 33.1 Å². The second-order valence-corrected chi connectivity index (χ2v) is 12.1. The van der Waals surface area contributed by atoms with Crippen LogP contribution in [0.1, 0.15) is 50.9 Å². The molecule has 1 aliphatic carbocycles. The van der Waals surface area contributed by atoms with Crippen LogP contribution in [0.2, 0.25) is 0 Å². The third-order valence-electron chi connectivity index (χ3n) is 6.41. The molecular weight excluding hydrogens is 512 g/mol. The number of rotatable bonds is 12. The van der Waals surface area contributed by atoms with Gasteiger partial charge in [0.05, 0.1) is 31.0 Å². The third-order valence-corrected chi connectivity index (χ3v) is 8.03. The molecule has 2 heterocycles. The van der Waals surface area contributed by atoms with E-state index in [-0.39, 0.29) is 18.1 Å². The van der Waals surface area contributed by atoms with Crippen molar-refractivity contribution in [2.75, 3.05) is 19.4 Å². The van der Waals surface area contributed by atoms with Crippen LogP contribution in [0.3, 0.4) is 0 Å². The van der Waals surface area contributed by atoms with Crippen molar-refractivity contribution in [3.8, 4) is 5.75 Å². The van der Waals surface area contributed by atoms with Gasteiger partial charge in [-0.1, -0.05) is 30.3 Å². The Kier molecular flexibility index (Phi) is 8.05. The molecule has 1 aliphatic rings. The maximum atomic E-state index is 13.9. The first-order valence-corrected chi connectivity index (χ1v) is 14.5. The zero-order valence-electron chi connectivity index (χ0n) is 20.8. The maximum absolute atomic E-state index is 13.9. The number of ether oxygens (including phenoxy) is 1. The number of primary sulfonamides is 1. The number of carbonyl (C=O) groups is 2. The minimum atomic E-state index is -3.97. The molecule has 2 aromatic heterocycles. The molecule has 0 unspecified atom stereocenters. The van der Waals surface area contributed by atoms with E-state index in [2.05, 4.69) is 22.1 Å². The third kappa shape index (κ3) is 6.60. The Morgan fingerprint density at radius 3 is 2.49 bits per heavy atom. The minimum Gasteiger partial charge on any atom is -0.495 e. The predicted octanol–water partition coefficient (Wildman–Crippen LogP) is 3.02. The molecule has 2 N–H and O–H groups in total. The highest BCUT2D eigenvalue weighted by Crippen LogP contribution is 2.49. The summed E-state index contributed by atoms with van der Waals surface area (Å²) in [5, 5.41) is 5.61. The predicted molar refractivity (Wildman–Crippen MR) is 141 cm³/mol. The SMILES string of the molecule is COc1ccc(C2(C(=O)N(CCCc3ccccc3)Cc3nc(C(=O)CS(N)(=O)=O)c(C)s3)CC2)nc1. The molecule has 196 valence electrons. The summed E-state index contributed by atoms with van der Waals surface area (Å²) in [5.74, 6) is -0.848. The van der Waals surface area contributed by atoms with Gasteiger partial charge in [-0.25, -0.2) is 18.5 Å². The first-order valence-electron chi connectivity index (χ1n) is 11.9. The number of nitrogens with zero attached hydrogens (tertiary/aromatic N) is 3. The Balaban J connectivity index is 1.55. The fourth-order valence-electron chi connectivity index (χ4n) is 4.35. The van der Waals surface area contributed by atoms with E-state index in [9.17, 15) is 18.0 Å². The monoisotopic (exact) mass is 542 g/mol. The molecule has 0 aliphatic heterocycles. The average molecular weight is 543 g/mol. The largest absolute Gasteiger partial charge is 0.495 e. The molecule has 3 aromatic rings. The molecule has 11 heteroatoms. The summed E-state index contributed by atoms with van der Waals surface area (Å²) in [6.45, 7) is 2.44. The molecule has 37 heavy (non-hydrogen) atoms. The summed E-state index contributed by atoms with van der Waals surface area (Å²) >= 11 is 1.28. The van der Waals surface area contributed by atoms with Crippen LogP contribution in [0.5, 0.6) is 5.75 Å². The number of ketones is 1. The van der Waals surface area contributed by atoms with Gasteiger partial charge in [0, 0.05) is 11.4 Å². The van der Waals surface area contributed by atoms with Gasteiger partial charge in [-0.05, 0) is 50.3 Å². The number of sulfonamides is 1. The second-order valence-electron chi connectivity index (χ2n) is 9.22. The highest BCUT2D eigenvalue weighted by Gasteiger charge is 2.54. The standard InChI is InChI=1S/C26H30N4O5S2/c1-18-24(21(31)17-37(27,33)34)29-23(36-18)16-30(14-6-9-19-7-4-3-5-8-19)25(32)26(12-13-26)22-11-10-20(35-2)15-28-22/h3-5,7-8,10-11,15H,6,9,12-14,16-17H2,1-2H3,(H2,27,33,34). The Morgan fingerprint density at radius 2 is 1.89 bits per heavy atom. The molecule has 1 aromatic carbocycles. The number of hydrogen-bond donors (Lipinski definition) is 1. The number of thiazole rings is 1. The van der Waals surface area contributed by atoms with Crippen LogP contribution >= 0.6 is 11.3 Å². The van der Waals surface area contributed by atoms with E-state index in [1.807, 2.05) is 30.3 Å². The fourth-order valence-corrected chi connectivity index (χ4v) is 5.82. The average Bonchev–Trinajstić information content (AvgIpc) is 3.59. The number of methoxy groups -OCH3 is 1. The Bertz CT molecular complexity index is 1370. The number of Topliss-reactive ketones (excluding diaryl/α,β-unsaturated/α-hetero) is 1. The van der Waals surface area contributed by atoms with E-state index in [1.165, 1.54) is 16.9 Å². The molecule has 0 atom stereocenters. The van der Waals surface area contributed by atoms with Gasteiger partial charge < -0.3 is 9.64 Å². The van der Waals surface area contributed by atoms with Crippen LogP contribution < -0.4 is 9.88 Å². The van der Waals surface area contributed by atoms with E-state index in [0.717, 1.165) is 12.8 Å². The van der Waals surface area contributed by atoms with Crippen LogP contribution in [-0.4, -0.2) is 54.4 Å². The number of nitrogens with two attached hydrogens (primary N) is 1. The van der Waals surface area contributed by atoms with E-state index < -0.39 is 27.0 Å². The summed E-state index contributed by atoms with van der Waals surface area (Å²) in [6, 6.07) is 13.7. The van der Waals surface area contributed by atoms with Gasteiger partial charge in [0.2, 0.25) is 15.9 Å². The molecule has 0 radical (unpaired) electrons. The summed E-state index contributed by atoms with van der Waals surface area (Å²) < 4.78 is 28.0. The Labute approximate surface area is 220 Å². The number of benzene rings is 1. The van der Waals surface area contributed by atoms with Crippen LogP contribution in [0.4, 0.5) is 0 Å². The zero-order valence-corrected chi connectivity index (χ0v) is 22.5. The van der Waals surface area contributed by atoms with Gasteiger partial charge in [-0.2, -0.15) is 0 Å². The van der Waals surface area contributed by atoms with Crippen molar-refractivity contribution in [1.82, 2.24) is 14.9 Å². The second kappa shape index (κ2) is 11.1. The van der Waals surface area contributed by atoms with Crippen molar-refractivity contribution in [2.45, 2.75) is 44.6 Å². The van der Waals surface area contributed by atoms with Gasteiger partial charge >= 0.3 is 0 Å². The number of carbonyl (C=O) groups excluding carboxylic acids is 2. The molecular formula is C26H30N4O5S2. The Morgan fingerprint density at radius 1 is 1.16 bits per heavy atom. The van der Waals surface area contributed by atoms with Gasteiger partial charge in [0.1, 0.15) is 22.2 Å². The maximum Gasteiger partial charge on any atom is 0.235 e. The topological polar surface area (TPSA) is 133 Å². The first-order chi connectivity index (χ1) is 17.6. The molecule has 1 amide bonds. The number of amides is 1. The molecule has 0 saturated heterocycles.